The molecule has 1 nitrogen and oxygen atoms in total. The second kappa shape index (κ2) is 6.57. The van der Waals surface area contributed by atoms with Crippen LogP contribution >= 0.6 is 38.6 Å². The molecule has 1 atom stereocenters. The number of fused-ring (bicyclic) bond motifs is 1. The van der Waals surface area contributed by atoms with E-state index in [2.05, 4.69) is 45.7 Å². The molecule has 0 aliphatic heterocycles. The molecule has 5 heteroatoms. The molecule has 1 unspecified atom stereocenters. The van der Waals surface area contributed by atoms with Crippen LogP contribution in [0.25, 0.3) is 9.40 Å². The SMILES string of the molecule is CCNC(Cc1ccc(Br)cc1F)c1cc2sccc2s1. The van der Waals surface area contributed by atoms with Crippen LogP contribution in [0.1, 0.15) is 23.4 Å². The van der Waals surface area contributed by atoms with Crippen molar-refractivity contribution in [2.24, 2.45) is 0 Å². The lowest BCUT2D eigenvalue weighted by Gasteiger charge is -2.17. The molecule has 21 heavy (non-hydrogen) atoms. The van der Waals surface area contributed by atoms with E-state index in [0.717, 1.165) is 16.6 Å². The summed E-state index contributed by atoms with van der Waals surface area (Å²) in [6.45, 7) is 2.95. The number of thiophene rings is 2. The number of benzene rings is 1. The smallest absolute Gasteiger partial charge is 0.127 e. The summed E-state index contributed by atoms with van der Waals surface area (Å²) in [4.78, 5) is 1.28. The molecule has 0 radical (unpaired) electrons. The third kappa shape index (κ3) is 3.37. The zero-order valence-corrected chi connectivity index (χ0v) is 14.7. The fourth-order valence-corrected chi connectivity index (χ4v) is 4.91. The van der Waals surface area contributed by atoms with Crippen LogP contribution in [0.3, 0.4) is 0 Å². The summed E-state index contributed by atoms with van der Waals surface area (Å²) in [5, 5.41) is 5.59. The van der Waals surface area contributed by atoms with Crippen molar-refractivity contribution in [3.63, 3.8) is 0 Å². The Bertz CT molecular complexity index is 721. The molecule has 110 valence electrons. The van der Waals surface area contributed by atoms with E-state index in [-0.39, 0.29) is 11.9 Å². The summed E-state index contributed by atoms with van der Waals surface area (Å²) >= 11 is 6.86. The van der Waals surface area contributed by atoms with Crippen LogP contribution in [0.2, 0.25) is 0 Å². The Labute approximate surface area is 139 Å². The van der Waals surface area contributed by atoms with Crippen LogP contribution in [0, 0.1) is 5.82 Å². The molecule has 0 amide bonds. The fraction of sp³-hybridized carbons (Fsp3) is 0.250. The van der Waals surface area contributed by atoms with Crippen molar-refractivity contribution in [2.45, 2.75) is 19.4 Å². The standard InChI is InChI=1S/C16H15BrFNS2/c1-2-19-13(7-10-3-4-11(17)8-12(10)18)15-9-16-14(21-15)5-6-20-16/h3-6,8-9,13,19H,2,7H2,1H3. The van der Waals surface area contributed by atoms with E-state index >= 15 is 0 Å². The molecule has 1 aromatic carbocycles. The molecule has 0 aliphatic carbocycles. The summed E-state index contributed by atoms with van der Waals surface area (Å²) in [7, 11) is 0. The highest BCUT2D eigenvalue weighted by Crippen LogP contribution is 2.35. The van der Waals surface area contributed by atoms with Gasteiger partial charge in [-0.2, -0.15) is 0 Å². The molecule has 0 spiro atoms. The minimum atomic E-state index is -0.148. The maximum Gasteiger partial charge on any atom is 0.127 e. The summed E-state index contributed by atoms with van der Waals surface area (Å²) < 4.78 is 17.5. The summed E-state index contributed by atoms with van der Waals surface area (Å²) in [6.07, 6.45) is 0.667. The van der Waals surface area contributed by atoms with Crippen molar-refractivity contribution < 1.29 is 4.39 Å². The highest BCUT2D eigenvalue weighted by Gasteiger charge is 2.17. The van der Waals surface area contributed by atoms with Crippen molar-refractivity contribution >= 4 is 48.0 Å². The topological polar surface area (TPSA) is 12.0 Å². The monoisotopic (exact) mass is 383 g/mol. The van der Waals surface area contributed by atoms with E-state index in [4.69, 9.17) is 0 Å². The Kier molecular flexibility index (Phi) is 4.74. The predicted octanol–water partition coefficient (Wildman–Crippen LogP) is 5.76. The van der Waals surface area contributed by atoms with Crippen molar-refractivity contribution in [1.82, 2.24) is 5.32 Å². The zero-order valence-electron chi connectivity index (χ0n) is 11.5. The lowest BCUT2D eigenvalue weighted by atomic mass is 10.0. The first-order valence-electron chi connectivity index (χ1n) is 6.81. The van der Waals surface area contributed by atoms with Gasteiger partial charge in [0.1, 0.15) is 5.82 Å². The average Bonchev–Trinajstić information content (AvgIpc) is 3.02. The van der Waals surface area contributed by atoms with Gasteiger partial charge in [-0.3, -0.25) is 0 Å². The highest BCUT2D eigenvalue weighted by molar-refractivity contribution is 9.10. The molecule has 0 aliphatic rings. The van der Waals surface area contributed by atoms with Gasteiger partial charge in [-0.05, 0) is 48.2 Å². The van der Waals surface area contributed by atoms with Crippen molar-refractivity contribution in [3.8, 4) is 0 Å². The number of halogens is 2. The first kappa shape index (κ1) is 15.2. The molecule has 2 heterocycles. The first-order valence-corrected chi connectivity index (χ1v) is 9.30. The van der Waals surface area contributed by atoms with Crippen LogP contribution in [0.15, 0.2) is 40.2 Å². The van der Waals surface area contributed by atoms with E-state index in [0.29, 0.717) is 6.42 Å². The second-order valence-corrected chi connectivity index (χ2v) is 7.83. The molecule has 0 saturated carbocycles. The predicted molar refractivity (Wildman–Crippen MR) is 93.9 cm³/mol. The van der Waals surface area contributed by atoms with Gasteiger partial charge in [-0.15, -0.1) is 22.7 Å². The fourth-order valence-electron chi connectivity index (χ4n) is 2.38. The minimum Gasteiger partial charge on any atom is -0.309 e. The molecule has 0 fully saturated rings. The molecular formula is C16H15BrFNS2. The molecular weight excluding hydrogens is 369 g/mol. The number of likely N-dealkylation sites (N-methyl/N-ethyl adjacent to an activating group) is 1. The normalized spacial score (nSPS) is 12.9. The van der Waals surface area contributed by atoms with Crippen LogP contribution in [0.4, 0.5) is 4.39 Å². The maximum absolute atomic E-state index is 14.1. The number of nitrogens with one attached hydrogen (secondary N) is 1. The highest BCUT2D eigenvalue weighted by atomic mass is 79.9. The van der Waals surface area contributed by atoms with Gasteiger partial charge in [0.05, 0.1) is 0 Å². The Balaban J connectivity index is 1.88. The van der Waals surface area contributed by atoms with Crippen LogP contribution in [-0.4, -0.2) is 6.54 Å². The molecule has 1 N–H and O–H groups in total. The molecule has 3 aromatic rings. The lowest BCUT2D eigenvalue weighted by molar-refractivity contribution is 0.534. The summed E-state index contributed by atoms with van der Waals surface area (Å²) in [6, 6.07) is 9.83. The van der Waals surface area contributed by atoms with Gasteiger partial charge >= 0.3 is 0 Å². The first-order chi connectivity index (χ1) is 10.2. The maximum atomic E-state index is 14.1. The van der Waals surface area contributed by atoms with E-state index in [9.17, 15) is 4.39 Å². The Morgan fingerprint density at radius 3 is 2.81 bits per heavy atom. The van der Waals surface area contributed by atoms with Crippen molar-refractivity contribution in [3.05, 3.63) is 56.4 Å². The second-order valence-electron chi connectivity index (χ2n) is 4.85. The number of hydrogen-bond donors (Lipinski definition) is 1. The third-order valence-corrected chi connectivity index (χ3v) is 6.09. The Morgan fingerprint density at radius 1 is 1.24 bits per heavy atom. The molecule has 2 aromatic heterocycles. The van der Waals surface area contributed by atoms with E-state index in [1.165, 1.54) is 20.3 Å². The van der Waals surface area contributed by atoms with Gasteiger partial charge in [0.25, 0.3) is 0 Å². The van der Waals surface area contributed by atoms with E-state index in [1.807, 2.05) is 12.1 Å². The Morgan fingerprint density at radius 2 is 2.10 bits per heavy atom. The lowest BCUT2D eigenvalue weighted by Crippen LogP contribution is -2.22. The van der Waals surface area contributed by atoms with E-state index < -0.39 is 0 Å². The van der Waals surface area contributed by atoms with Crippen LogP contribution in [-0.2, 0) is 6.42 Å². The summed E-state index contributed by atoms with van der Waals surface area (Å²) in [5.74, 6) is -0.148. The van der Waals surface area contributed by atoms with Crippen molar-refractivity contribution in [1.29, 1.82) is 0 Å². The third-order valence-electron chi connectivity index (χ3n) is 3.39. The zero-order chi connectivity index (χ0) is 14.8. The minimum absolute atomic E-state index is 0.148. The van der Waals surface area contributed by atoms with Gasteiger partial charge in [0.15, 0.2) is 0 Å². The average molecular weight is 384 g/mol. The quantitative estimate of drug-likeness (QED) is 0.590. The van der Waals surface area contributed by atoms with Gasteiger partial charge in [0.2, 0.25) is 0 Å². The van der Waals surface area contributed by atoms with Crippen molar-refractivity contribution in [2.75, 3.05) is 6.54 Å². The Hall–Kier alpha value is -0.750. The van der Waals surface area contributed by atoms with E-state index in [1.54, 1.807) is 22.7 Å². The number of rotatable bonds is 5. The summed E-state index contributed by atoms with van der Waals surface area (Å²) in [5.41, 5.74) is 0.751. The molecule has 3 rings (SSSR count). The molecule has 0 saturated heterocycles. The van der Waals surface area contributed by atoms with Crippen LogP contribution in [0.5, 0.6) is 0 Å². The number of hydrogen-bond acceptors (Lipinski definition) is 3. The molecule has 0 bridgehead atoms. The van der Waals surface area contributed by atoms with Crippen LogP contribution < -0.4 is 5.32 Å². The van der Waals surface area contributed by atoms with Gasteiger partial charge in [-0.25, -0.2) is 4.39 Å². The van der Waals surface area contributed by atoms with Gasteiger partial charge in [0, 0.05) is 24.8 Å². The van der Waals surface area contributed by atoms with Gasteiger partial charge < -0.3 is 5.32 Å². The largest absolute Gasteiger partial charge is 0.309 e. The van der Waals surface area contributed by atoms with Gasteiger partial charge in [-0.1, -0.05) is 28.9 Å².